The number of sulfonamides is 1. The molecule has 0 radical (unpaired) electrons. The zero-order valence-electron chi connectivity index (χ0n) is 9.49. The highest BCUT2D eigenvalue weighted by molar-refractivity contribution is 7.89. The van der Waals surface area contributed by atoms with Crippen LogP contribution >= 0.6 is 11.6 Å². The Hall–Kier alpha value is -0.690. The molecule has 1 aromatic rings. The Bertz CT molecular complexity index is 558. The molecule has 1 aromatic carbocycles. The number of benzene rings is 1. The average molecular weight is 294 g/mol. The van der Waals surface area contributed by atoms with Crippen molar-refractivity contribution in [3.8, 4) is 0 Å². The molecule has 1 aliphatic carbocycles. The second kappa shape index (κ2) is 5.13. The molecule has 2 rings (SSSR count). The van der Waals surface area contributed by atoms with Crippen LogP contribution in [0.25, 0.3) is 0 Å². The van der Waals surface area contributed by atoms with Crippen LogP contribution in [0.3, 0.4) is 0 Å². The molecule has 0 unspecified atom stereocenters. The molecule has 0 atom stereocenters. The largest absolute Gasteiger partial charge is 0.392 e. The van der Waals surface area contributed by atoms with Gasteiger partial charge in [0.05, 0.1) is 6.61 Å². The van der Waals surface area contributed by atoms with Crippen molar-refractivity contribution < 1.29 is 17.9 Å². The van der Waals surface area contributed by atoms with Crippen LogP contribution in [0.2, 0.25) is 5.02 Å². The third-order valence-electron chi connectivity index (χ3n) is 2.97. The molecule has 1 saturated carbocycles. The van der Waals surface area contributed by atoms with Gasteiger partial charge in [0.1, 0.15) is 10.7 Å². The van der Waals surface area contributed by atoms with E-state index >= 15 is 0 Å². The van der Waals surface area contributed by atoms with Crippen LogP contribution < -0.4 is 4.72 Å². The molecule has 1 aliphatic rings. The van der Waals surface area contributed by atoms with Gasteiger partial charge in [-0.1, -0.05) is 18.0 Å². The fourth-order valence-corrected chi connectivity index (χ4v) is 3.49. The van der Waals surface area contributed by atoms with Crippen molar-refractivity contribution in [2.75, 3.05) is 0 Å². The van der Waals surface area contributed by atoms with Crippen LogP contribution in [0.5, 0.6) is 0 Å². The summed E-state index contributed by atoms with van der Waals surface area (Å²) < 4.78 is 40.3. The predicted octanol–water partition coefficient (Wildman–Crippen LogP) is 1.80. The van der Waals surface area contributed by atoms with Crippen molar-refractivity contribution in [1.29, 1.82) is 0 Å². The first-order valence-electron chi connectivity index (χ1n) is 5.55. The number of hydrogen-bond donors (Lipinski definition) is 2. The van der Waals surface area contributed by atoms with Crippen LogP contribution in [0.15, 0.2) is 17.0 Å². The molecule has 0 bridgehead atoms. The average Bonchev–Trinajstić information content (AvgIpc) is 2.26. The maximum absolute atomic E-state index is 13.9. The van der Waals surface area contributed by atoms with Crippen molar-refractivity contribution in [3.63, 3.8) is 0 Å². The van der Waals surface area contributed by atoms with Gasteiger partial charge in [-0.2, -0.15) is 0 Å². The van der Waals surface area contributed by atoms with Gasteiger partial charge in [-0.3, -0.25) is 0 Å². The third kappa shape index (κ3) is 2.66. The minimum atomic E-state index is -3.93. The van der Waals surface area contributed by atoms with E-state index in [-0.39, 0.29) is 16.6 Å². The lowest BCUT2D eigenvalue weighted by Crippen LogP contribution is -2.39. The highest BCUT2D eigenvalue weighted by Crippen LogP contribution is 2.26. The second-order valence-electron chi connectivity index (χ2n) is 4.28. The summed E-state index contributed by atoms with van der Waals surface area (Å²) in [5, 5.41) is 9.04. The van der Waals surface area contributed by atoms with E-state index in [2.05, 4.69) is 4.72 Å². The normalized spacial score (nSPS) is 16.6. The maximum Gasteiger partial charge on any atom is 0.243 e. The molecular formula is C11H13ClFNO3S. The molecule has 100 valence electrons. The van der Waals surface area contributed by atoms with Crippen molar-refractivity contribution in [1.82, 2.24) is 4.72 Å². The molecule has 7 heteroatoms. The Morgan fingerprint density at radius 2 is 2.11 bits per heavy atom. The van der Waals surface area contributed by atoms with Crippen LogP contribution in [0.1, 0.15) is 24.8 Å². The van der Waals surface area contributed by atoms with Crippen molar-refractivity contribution in [2.24, 2.45) is 0 Å². The number of nitrogens with one attached hydrogen (secondary N) is 1. The van der Waals surface area contributed by atoms with E-state index < -0.39 is 27.3 Å². The van der Waals surface area contributed by atoms with Gasteiger partial charge in [-0.15, -0.1) is 0 Å². The van der Waals surface area contributed by atoms with Crippen LogP contribution in [-0.4, -0.2) is 19.6 Å². The summed E-state index contributed by atoms with van der Waals surface area (Å²) >= 11 is 5.72. The number of hydrogen-bond acceptors (Lipinski definition) is 3. The Kier molecular flexibility index (Phi) is 3.91. The van der Waals surface area contributed by atoms with Crippen LogP contribution in [0.4, 0.5) is 4.39 Å². The van der Waals surface area contributed by atoms with Gasteiger partial charge in [0.25, 0.3) is 0 Å². The van der Waals surface area contributed by atoms with Gasteiger partial charge < -0.3 is 5.11 Å². The van der Waals surface area contributed by atoms with Crippen LogP contribution in [-0.2, 0) is 16.6 Å². The Balaban J connectivity index is 2.39. The van der Waals surface area contributed by atoms with E-state index in [1.165, 1.54) is 6.07 Å². The fraction of sp³-hybridized carbons (Fsp3) is 0.455. The van der Waals surface area contributed by atoms with Gasteiger partial charge >= 0.3 is 0 Å². The molecule has 0 saturated heterocycles. The van der Waals surface area contributed by atoms with Gasteiger partial charge in [-0.05, 0) is 25.0 Å². The lowest BCUT2D eigenvalue weighted by atomic mass is 9.94. The second-order valence-corrected chi connectivity index (χ2v) is 6.40. The zero-order valence-corrected chi connectivity index (χ0v) is 11.1. The molecule has 0 aliphatic heterocycles. The fourth-order valence-electron chi connectivity index (χ4n) is 1.74. The molecular weight excluding hydrogens is 281 g/mol. The van der Waals surface area contributed by atoms with Crippen molar-refractivity contribution in [2.45, 2.75) is 36.8 Å². The predicted molar refractivity (Wildman–Crippen MR) is 65.3 cm³/mol. The summed E-state index contributed by atoms with van der Waals surface area (Å²) in [6.45, 7) is -0.599. The Morgan fingerprint density at radius 1 is 1.44 bits per heavy atom. The smallest absolute Gasteiger partial charge is 0.243 e. The lowest BCUT2D eigenvalue weighted by Gasteiger charge is -2.26. The molecule has 0 amide bonds. The summed E-state index contributed by atoms with van der Waals surface area (Å²) in [5.74, 6) is -0.950. The first kappa shape index (κ1) is 13.7. The Labute approximate surface area is 110 Å². The van der Waals surface area contributed by atoms with Gasteiger partial charge in [0.15, 0.2) is 0 Å². The number of rotatable bonds is 4. The monoisotopic (exact) mass is 293 g/mol. The standard InChI is InChI=1S/C11H13ClFNO3S/c12-8-4-7(6-15)11(13)10(5-8)18(16,17)14-9-2-1-3-9/h4-5,9,14-15H,1-3,6H2. The summed E-state index contributed by atoms with van der Waals surface area (Å²) in [4.78, 5) is -0.508. The van der Waals surface area contributed by atoms with E-state index in [4.69, 9.17) is 16.7 Å². The number of aliphatic hydroxyl groups is 1. The van der Waals surface area contributed by atoms with E-state index in [0.717, 1.165) is 25.3 Å². The molecule has 0 heterocycles. The van der Waals surface area contributed by atoms with E-state index in [1.54, 1.807) is 0 Å². The highest BCUT2D eigenvalue weighted by Gasteiger charge is 2.28. The molecule has 18 heavy (non-hydrogen) atoms. The maximum atomic E-state index is 13.9. The minimum absolute atomic E-state index is 0.0782. The zero-order chi connectivity index (χ0) is 13.3. The van der Waals surface area contributed by atoms with E-state index in [9.17, 15) is 12.8 Å². The summed E-state index contributed by atoms with van der Waals surface area (Å²) in [6, 6.07) is 2.13. The number of halogens is 2. The molecule has 4 nitrogen and oxygen atoms in total. The van der Waals surface area contributed by atoms with Crippen molar-refractivity contribution in [3.05, 3.63) is 28.5 Å². The Morgan fingerprint density at radius 3 is 2.61 bits per heavy atom. The van der Waals surface area contributed by atoms with Gasteiger partial charge in [-0.25, -0.2) is 17.5 Å². The summed E-state index contributed by atoms with van der Waals surface area (Å²) in [6.07, 6.45) is 2.48. The first-order chi connectivity index (χ1) is 8.44. The molecule has 2 N–H and O–H groups in total. The quantitative estimate of drug-likeness (QED) is 0.889. The highest BCUT2D eigenvalue weighted by atomic mass is 35.5. The van der Waals surface area contributed by atoms with E-state index in [0.29, 0.717) is 0 Å². The summed E-state index contributed by atoms with van der Waals surface area (Å²) in [7, 11) is -3.93. The van der Waals surface area contributed by atoms with E-state index in [1.807, 2.05) is 0 Å². The van der Waals surface area contributed by atoms with Gasteiger partial charge in [0, 0.05) is 16.6 Å². The first-order valence-corrected chi connectivity index (χ1v) is 7.41. The van der Waals surface area contributed by atoms with Crippen molar-refractivity contribution >= 4 is 21.6 Å². The summed E-state index contributed by atoms with van der Waals surface area (Å²) in [5.41, 5.74) is -0.128. The molecule has 0 aromatic heterocycles. The van der Waals surface area contributed by atoms with Crippen LogP contribution in [0, 0.1) is 5.82 Å². The SMILES string of the molecule is O=S(=O)(NC1CCC1)c1cc(Cl)cc(CO)c1F. The topological polar surface area (TPSA) is 66.4 Å². The molecule has 1 fully saturated rings. The minimum Gasteiger partial charge on any atom is -0.392 e. The third-order valence-corrected chi connectivity index (χ3v) is 4.70. The lowest BCUT2D eigenvalue weighted by molar-refractivity contribution is 0.274. The van der Waals surface area contributed by atoms with Gasteiger partial charge in [0.2, 0.25) is 10.0 Å². The number of aliphatic hydroxyl groups excluding tert-OH is 1. The molecule has 0 spiro atoms.